The lowest BCUT2D eigenvalue weighted by atomic mass is 9.87. The number of carbonyl (C=O) groups excluding carboxylic acids is 2. The van der Waals surface area contributed by atoms with Gasteiger partial charge in [-0.2, -0.15) is 0 Å². The Kier molecular flexibility index (Phi) is 7.69. The summed E-state index contributed by atoms with van der Waals surface area (Å²) in [7, 11) is 0. The Bertz CT molecular complexity index is 649. The lowest BCUT2D eigenvalue weighted by Crippen LogP contribution is -2.49. The molecule has 2 N–H and O–H groups in total. The van der Waals surface area contributed by atoms with E-state index in [0.29, 0.717) is 13.0 Å². The molecule has 1 aliphatic rings. The van der Waals surface area contributed by atoms with Crippen molar-refractivity contribution in [3.05, 3.63) is 29.3 Å². The topological polar surface area (TPSA) is 67.4 Å². The van der Waals surface area contributed by atoms with E-state index < -0.39 is 5.41 Å². The third-order valence-corrected chi connectivity index (χ3v) is 5.44. The zero-order chi connectivity index (χ0) is 19.9. The van der Waals surface area contributed by atoms with Crippen LogP contribution in [0.2, 0.25) is 0 Å². The van der Waals surface area contributed by atoms with Gasteiger partial charge in [-0.15, -0.1) is 0 Å². The summed E-state index contributed by atoms with van der Waals surface area (Å²) in [6, 6.07) is 6.16. The lowest BCUT2D eigenvalue weighted by molar-refractivity contribution is -0.136. The number of hydrogen-bond donors (Lipinski definition) is 2. The molecule has 27 heavy (non-hydrogen) atoms. The lowest BCUT2D eigenvalue weighted by Gasteiger charge is -2.25. The molecule has 2 amide bonds. The largest absolute Gasteiger partial charge is 0.493 e. The zero-order valence-corrected chi connectivity index (χ0v) is 17.2. The minimum Gasteiger partial charge on any atom is -0.493 e. The molecule has 1 aromatic rings. The predicted octanol–water partition coefficient (Wildman–Crippen LogP) is 4.22. The van der Waals surface area contributed by atoms with Gasteiger partial charge in [-0.25, -0.2) is 0 Å². The van der Waals surface area contributed by atoms with Crippen LogP contribution >= 0.6 is 0 Å². The quantitative estimate of drug-likeness (QED) is 0.555. The van der Waals surface area contributed by atoms with Crippen LogP contribution < -0.4 is 15.6 Å². The van der Waals surface area contributed by atoms with Crippen LogP contribution in [0.4, 0.5) is 0 Å². The summed E-state index contributed by atoms with van der Waals surface area (Å²) in [5.74, 6) is 0.723. The number of hydrazine groups is 1. The Morgan fingerprint density at radius 3 is 2.52 bits per heavy atom. The third kappa shape index (κ3) is 6.56. The van der Waals surface area contributed by atoms with E-state index in [2.05, 4.69) is 23.0 Å². The van der Waals surface area contributed by atoms with E-state index in [9.17, 15) is 9.59 Å². The van der Waals surface area contributed by atoms with E-state index >= 15 is 0 Å². The molecule has 0 spiro atoms. The number of carbonyl (C=O) groups is 2. The average Bonchev–Trinajstić information content (AvgIpc) is 2.66. The SMILES string of the molecule is Cc1ccc(C)c(OCCCC(C)(C)C(=O)NNC(=O)C2CCCCC2)c1. The van der Waals surface area contributed by atoms with Crippen LogP contribution in [0.5, 0.6) is 5.75 Å². The molecule has 1 saturated carbocycles. The Morgan fingerprint density at radius 2 is 1.81 bits per heavy atom. The molecule has 0 saturated heterocycles. The molecule has 1 aromatic carbocycles. The van der Waals surface area contributed by atoms with Crippen LogP contribution in [0.1, 0.15) is 69.9 Å². The van der Waals surface area contributed by atoms with Crippen molar-refractivity contribution in [3.8, 4) is 5.75 Å². The molecule has 150 valence electrons. The molecule has 0 aliphatic heterocycles. The van der Waals surface area contributed by atoms with Gasteiger partial charge in [0.05, 0.1) is 6.61 Å². The molecule has 2 rings (SSSR count). The van der Waals surface area contributed by atoms with Crippen LogP contribution in [-0.2, 0) is 9.59 Å². The molecule has 5 nitrogen and oxygen atoms in total. The third-order valence-electron chi connectivity index (χ3n) is 5.44. The summed E-state index contributed by atoms with van der Waals surface area (Å²) < 4.78 is 5.87. The normalized spacial score (nSPS) is 15.3. The van der Waals surface area contributed by atoms with Crippen molar-refractivity contribution in [1.29, 1.82) is 0 Å². The molecule has 1 aliphatic carbocycles. The van der Waals surface area contributed by atoms with Gasteiger partial charge < -0.3 is 4.74 Å². The highest BCUT2D eigenvalue weighted by molar-refractivity contribution is 5.86. The fourth-order valence-corrected chi connectivity index (χ4v) is 3.43. The highest BCUT2D eigenvalue weighted by Gasteiger charge is 2.28. The molecule has 0 atom stereocenters. The smallest absolute Gasteiger partial charge is 0.244 e. The van der Waals surface area contributed by atoms with Crippen molar-refractivity contribution < 1.29 is 14.3 Å². The molecular weight excluding hydrogens is 340 g/mol. The molecule has 0 bridgehead atoms. The number of hydrogen-bond acceptors (Lipinski definition) is 3. The summed E-state index contributed by atoms with van der Waals surface area (Å²) >= 11 is 0. The van der Waals surface area contributed by atoms with Crippen LogP contribution in [0.25, 0.3) is 0 Å². The van der Waals surface area contributed by atoms with Gasteiger partial charge in [0.15, 0.2) is 0 Å². The first-order valence-electron chi connectivity index (χ1n) is 10.1. The highest BCUT2D eigenvalue weighted by Crippen LogP contribution is 2.25. The summed E-state index contributed by atoms with van der Waals surface area (Å²) in [5, 5.41) is 0. The van der Waals surface area contributed by atoms with Crippen molar-refractivity contribution >= 4 is 11.8 Å². The Hall–Kier alpha value is -2.04. The molecule has 0 unspecified atom stereocenters. The summed E-state index contributed by atoms with van der Waals surface area (Å²) in [4.78, 5) is 24.6. The molecule has 1 fully saturated rings. The van der Waals surface area contributed by atoms with E-state index in [0.717, 1.165) is 43.4 Å². The average molecular weight is 375 g/mol. The number of rotatable bonds is 7. The summed E-state index contributed by atoms with van der Waals surface area (Å²) in [6.45, 7) is 8.43. The van der Waals surface area contributed by atoms with E-state index in [1.807, 2.05) is 33.8 Å². The number of amides is 2. The van der Waals surface area contributed by atoms with E-state index in [4.69, 9.17) is 4.74 Å². The van der Waals surface area contributed by atoms with Crippen molar-refractivity contribution in [2.75, 3.05) is 6.61 Å². The molecule has 0 radical (unpaired) electrons. The van der Waals surface area contributed by atoms with E-state index in [1.54, 1.807) is 0 Å². The maximum Gasteiger partial charge on any atom is 0.244 e. The summed E-state index contributed by atoms with van der Waals surface area (Å²) in [6.07, 6.45) is 6.68. The summed E-state index contributed by atoms with van der Waals surface area (Å²) in [5.41, 5.74) is 6.95. The van der Waals surface area contributed by atoms with Crippen LogP contribution in [-0.4, -0.2) is 18.4 Å². The first-order valence-corrected chi connectivity index (χ1v) is 10.1. The zero-order valence-electron chi connectivity index (χ0n) is 17.2. The monoisotopic (exact) mass is 374 g/mol. The standard InChI is InChI=1S/C22H34N2O3/c1-16-11-12-17(2)19(15-16)27-14-8-13-22(3,4)21(26)24-23-20(25)18-9-6-5-7-10-18/h11-12,15,18H,5-10,13-14H2,1-4H3,(H,23,25)(H,24,26). The second-order valence-electron chi connectivity index (χ2n) is 8.38. The van der Waals surface area contributed by atoms with Crippen LogP contribution in [0, 0.1) is 25.2 Å². The fraction of sp³-hybridized carbons (Fsp3) is 0.636. The second-order valence-corrected chi connectivity index (χ2v) is 8.38. The van der Waals surface area contributed by atoms with Gasteiger partial charge in [0.1, 0.15) is 5.75 Å². The molecule has 0 heterocycles. The predicted molar refractivity (Wildman–Crippen MR) is 107 cm³/mol. The van der Waals surface area contributed by atoms with Gasteiger partial charge in [0, 0.05) is 11.3 Å². The van der Waals surface area contributed by atoms with Crippen molar-refractivity contribution in [2.45, 2.75) is 72.6 Å². The maximum absolute atomic E-state index is 12.4. The fourth-order valence-electron chi connectivity index (χ4n) is 3.43. The van der Waals surface area contributed by atoms with E-state index in [-0.39, 0.29) is 17.7 Å². The van der Waals surface area contributed by atoms with Gasteiger partial charge in [-0.05, 0) is 56.7 Å². The number of nitrogens with one attached hydrogen (secondary N) is 2. The first kappa shape index (κ1) is 21.3. The van der Waals surface area contributed by atoms with Crippen molar-refractivity contribution in [2.24, 2.45) is 11.3 Å². The number of aryl methyl sites for hydroxylation is 2. The van der Waals surface area contributed by atoms with Gasteiger partial charge >= 0.3 is 0 Å². The Labute approximate surface area is 163 Å². The second kappa shape index (κ2) is 9.77. The van der Waals surface area contributed by atoms with Crippen LogP contribution in [0.15, 0.2) is 18.2 Å². The Balaban J connectivity index is 1.71. The molecule has 0 aromatic heterocycles. The first-order chi connectivity index (χ1) is 12.8. The highest BCUT2D eigenvalue weighted by atomic mass is 16.5. The molecular formula is C22H34N2O3. The minimum absolute atomic E-state index is 0.0353. The minimum atomic E-state index is -0.565. The maximum atomic E-state index is 12.4. The van der Waals surface area contributed by atoms with Gasteiger partial charge in [0.2, 0.25) is 11.8 Å². The van der Waals surface area contributed by atoms with Crippen molar-refractivity contribution in [3.63, 3.8) is 0 Å². The number of ether oxygens (including phenoxy) is 1. The van der Waals surface area contributed by atoms with E-state index in [1.165, 1.54) is 12.0 Å². The molecule has 5 heteroatoms. The Morgan fingerprint density at radius 1 is 1.11 bits per heavy atom. The van der Waals surface area contributed by atoms with Crippen LogP contribution in [0.3, 0.4) is 0 Å². The van der Waals surface area contributed by atoms with Gasteiger partial charge in [0.25, 0.3) is 0 Å². The van der Waals surface area contributed by atoms with Crippen molar-refractivity contribution in [1.82, 2.24) is 10.9 Å². The van der Waals surface area contributed by atoms with Gasteiger partial charge in [-0.1, -0.05) is 45.2 Å². The number of benzene rings is 1. The van der Waals surface area contributed by atoms with Gasteiger partial charge in [-0.3, -0.25) is 20.4 Å².